The number of nitrogens with zero attached hydrogens (tertiary/aromatic N) is 1. The van der Waals surface area contributed by atoms with Crippen molar-refractivity contribution in [3.63, 3.8) is 0 Å². The van der Waals surface area contributed by atoms with Gasteiger partial charge in [0.2, 0.25) is 0 Å². The molecule has 1 atom stereocenters. The Balaban J connectivity index is 2.02. The summed E-state index contributed by atoms with van der Waals surface area (Å²) in [6.07, 6.45) is 0. The van der Waals surface area contributed by atoms with Gasteiger partial charge in [-0.3, -0.25) is 14.5 Å². The van der Waals surface area contributed by atoms with E-state index in [1.54, 1.807) is 36.4 Å². The Morgan fingerprint density at radius 1 is 0.969 bits per heavy atom. The number of carbonyl (C=O) groups is 2. The minimum absolute atomic E-state index is 0.00980. The standard InChI is InChI=1S/C26H22ClNO4/c1-15-8-7-9-17(12-15)22-21(23(29)19-13-16(2)14-20(27)25(19)32-3)24(30)26(31)28(22)18-10-5-4-6-11-18/h4-14,22,29H,1-3H3/b23-21+. The Morgan fingerprint density at radius 3 is 2.34 bits per heavy atom. The first-order valence-electron chi connectivity index (χ1n) is 10.1. The van der Waals surface area contributed by atoms with Crippen LogP contribution in [0.1, 0.15) is 28.3 Å². The van der Waals surface area contributed by atoms with Crippen LogP contribution >= 0.6 is 11.6 Å². The van der Waals surface area contributed by atoms with Gasteiger partial charge in [-0.1, -0.05) is 59.6 Å². The summed E-state index contributed by atoms with van der Waals surface area (Å²) in [7, 11) is 1.44. The lowest BCUT2D eigenvalue weighted by atomic mass is 9.93. The topological polar surface area (TPSA) is 66.8 Å². The monoisotopic (exact) mass is 447 g/mol. The molecule has 1 unspecified atom stereocenters. The van der Waals surface area contributed by atoms with E-state index in [1.165, 1.54) is 12.0 Å². The summed E-state index contributed by atoms with van der Waals surface area (Å²) in [5.74, 6) is -1.56. The number of aryl methyl sites for hydroxylation is 2. The van der Waals surface area contributed by atoms with Crippen molar-refractivity contribution < 1.29 is 19.4 Å². The average molecular weight is 448 g/mol. The molecule has 1 heterocycles. The fourth-order valence-corrected chi connectivity index (χ4v) is 4.45. The Morgan fingerprint density at radius 2 is 1.69 bits per heavy atom. The molecule has 162 valence electrons. The molecule has 1 saturated heterocycles. The summed E-state index contributed by atoms with van der Waals surface area (Å²) in [4.78, 5) is 27.9. The first-order valence-corrected chi connectivity index (χ1v) is 10.5. The number of halogens is 1. The lowest BCUT2D eigenvalue weighted by molar-refractivity contribution is -0.132. The molecule has 0 aliphatic carbocycles. The SMILES string of the molecule is COc1c(Cl)cc(C)cc1/C(O)=C1\C(=O)C(=O)N(c2ccccc2)C1c1cccc(C)c1. The molecule has 1 aliphatic rings. The zero-order chi connectivity index (χ0) is 23.0. The van der Waals surface area contributed by atoms with Crippen molar-refractivity contribution in [1.29, 1.82) is 0 Å². The fourth-order valence-electron chi connectivity index (χ4n) is 4.10. The molecular formula is C26H22ClNO4. The molecule has 0 saturated carbocycles. The van der Waals surface area contributed by atoms with E-state index in [4.69, 9.17) is 16.3 Å². The average Bonchev–Trinajstić information content (AvgIpc) is 3.04. The molecule has 0 bridgehead atoms. The third kappa shape index (κ3) is 3.65. The molecule has 32 heavy (non-hydrogen) atoms. The van der Waals surface area contributed by atoms with E-state index in [0.717, 1.165) is 11.1 Å². The molecule has 3 aromatic rings. The second-order valence-electron chi connectivity index (χ2n) is 7.75. The van der Waals surface area contributed by atoms with Gasteiger partial charge in [-0.15, -0.1) is 0 Å². The maximum atomic E-state index is 13.3. The predicted octanol–water partition coefficient (Wildman–Crippen LogP) is 5.59. The number of hydrogen-bond acceptors (Lipinski definition) is 4. The maximum absolute atomic E-state index is 13.3. The van der Waals surface area contributed by atoms with Crippen LogP contribution in [-0.2, 0) is 9.59 Å². The van der Waals surface area contributed by atoms with Gasteiger partial charge in [0.25, 0.3) is 11.7 Å². The van der Waals surface area contributed by atoms with Gasteiger partial charge in [-0.2, -0.15) is 0 Å². The van der Waals surface area contributed by atoms with E-state index in [9.17, 15) is 14.7 Å². The highest BCUT2D eigenvalue weighted by Gasteiger charge is 2.47. The normalized spacial score (nSPS) is 17.6. The van der Waals surface area contributed by atoms with E-state index in [-0.39, 0.29) is 22.6 Å². The Kier molecular flexibility index (Phi) is 5.76. The quantitative estimate of drug-likeness (QED) is 0.321. The third-order valence-electron chi connectivity index (χ3n) is 5.48. The van der Waals surface area contributed by atoms with Crippen LogP contribution in [0.25, 0.3) is 5.76 Å². The number of para-hydroxylation sites is 1. The van der Waals surface area contributed by atoms with Gasteiger partial charge >= 0.3 is 0 Å². The summed E-state index contributed by atoms with van der Waals surface area (Å²) < 4.78 is 5.41. The van der Waals surface area contributed by atoms with Crippen LogP contribution in [0.2, 0.25) is 5.02 Å². The molecule has 5 nitrogen and oxygen atoms in total. The summed E-state index contributed by atoms with van der Waals surface area (Å²) in [5, 5.41) is 11.7. The zero-order valence-electron chi connectivity index (χ0n) is 17.9. The molecule has 4 rings (SSSR count). The van der Waals surface area contributed by atoms with Crippen LogP contribution < -0.4 is 9.64 Å². The molecule has 0 aromatic heterocycles. The summed E-state index contributed by atoms with van der Waals surface area (Å²) in [6, 6.07) is 19.1. The molecule has 1 amide bonds. The highest BCUT2D eigenvalue weighted by atomic mass is 35.5. The second-order valence-corrected chi connectivity index (χ2v) is 8.15. The van der Waals surface area contributed by atoms with E-state index < -0.39 is 17.7 Å². The Labute approximate surface area is 191 Å². The number of anilines is 1. The van der Waals surface area contributed by atoms with Crippen LogP contribution in [-0.4, -0.2) is 23.9 Å². The van der Waals surface area contributed by atoms with Crippen molar-refractivity contribution >= 4 is 34.7 Å². The summed E-state index contributed by atoms with van der Waals surface area (Å²) in [6.45, 7) is 3.75. The molecule has 1 N–H and O–H groups in total. The predicted molar refractivity (Wildman–Crippen MR) is 125 cm³/mol. The minimum Gasteiger partial charge on any atom is -0.507 e. The van der Waals surface area contributed by atoms with Gasteiger partial charge in [0, 0.05) is 5.69 Å². The number of benzene rings is 3. The highest BCUT2D eigenvalue weighted by Crippen LogP contribution is 2.44. The number of hydrogen-bond donors (Lipinski definition) is 1. The molecule has 6 heteroatoms. The van der Waals surface area contributed by atoms with Crippen molar-refractivity contribution in [1.82, 2.24) is 0 Å². The number of Topliss-reactive ketones (excluding diaryl/α,β-unsaturated/α-hetero) is 1. The number of rotatable bonds is 4. The van der Waals surface area contributed by atoms with E-state index in [0.29, 0.717) is 16.3 Å². The van der Waals surface area contributed by atoms with Crippen LogP contribution in [0, 0.1) is 13.8 Å². The fraction of sp³-hybridized carbons (Fsp3) is 0.154. The van der Waals surface area contributed by atoms with Crippen molar-refractivity contribution in [2.75, 3.05) is 12.0 Å². The van der Waals surface area contributed by atoms with Gasteiger partial charge in [-0.05, 0) is 49.2 Å². The van der Waals surface area contributed by atoms with Gasteiger partial charge in [0.15, 0.2) is 0 Å². The number of amides is 1. The molecule has 1 aliphatic heterocycles. The lowest BCUT2D eigenvalue weighted by Gasteiger charge is -2.26. The van der Waals surface area contributed by atoms with Gasteiger partial charge in [0.05, 0.1) is 29.3 Å². The molecular weight excluding hydrogens is 426 g/mol. The summed E-state index contributed by atoms with van der Waals surface area (Å²) in [5.41, 5.74) is 3.28. The largest absolute Gasteiger partial charge is 0.507 e. The Bertz CT molecular complexity index is 1250. The van der Waals surface area contributed by atoms with Gasteiger partial charge in [-0.25, -0.2) is 0 Å². The number of ketones is 1. The lowest BCUT2D eigenvalue weighted by Crippen LogP contribution is -2.29. The number of methoxy groups -OCH3 is 1. The number of aliphatic hydroxyl groups excluding tert-OH is 1. The van der Waals surface area contributed by atoms with Crippen LogP contribution in [0.3, 0.4) is 0 Å². The molecule has 0 spiro atoms. The Hall–Kier alpha value is -3.57. The molecule has 1 fully saturated rings. The number of ether oxygens (including phenoxy) is 1. The smallest absolute Gasteiger partial charge is 0.300 e. The van der Waals surface area contributed by atoms with Crippen molar-refractivity contribution in [2.24, 2.45) is 0 Å². The van der Waals surface area contributed by atoms with Gasteiger partial charge < -0.3 is 9.84 Å². The number of carbonyl (C=O) groups excluding carboxylic acids is 2. The summed E-state index contributed by atoms with van der Waals surface area (Å²) >= 11 is 6.33. The van der Waals surface area contributed by atoms with E-state index in [2.05, 4.69) is 0 Å². The van der Waals surface area contributed by atoms with Gasteiger partial charge in [0.1, 0.15) is 11.5 Å². The van der Waals surface area contributed by atoms with E-state index >= 15 is 0 Å². The minimum atomic E-state index is -0.804. The third-order valence-corrected chi connectivity index (χ3v) is 5.76. The number of aliphatic hydroxyl groups is 1. The van der Waals surface area contributed by atoms with Crippen LogP contribution in [0.4, 0.5) is 5.69 Å². The second kappa shape index (κ2) is 8.52. The first-order chi connectivity index (χ1) is 15.3. The molecule has 0 radical (unpaired) electrons. The first kappa shape index (κ1) is 21.7. The van der Waals surface area contributed by atoms with Crippen molar-refractivity contribution in [3.05, 3.63) is 99.6 Å². The van der Waals surface area contributed by atoms with Crippen LogP contribution in [0.15, 0.2) is 72.3 Å². The van der Waals surface area contributed by atoms with E-state index in [1.807, 2.05) is 44.2 Å². The van der Waals surface area contributed by atoms with Crippen LogP contribution in [0.5, 0.6) is 5.75 Å². The maximum Gasteiger partial charge on any atom is 0.300 e. The van der Waals surface area contributed by atoms with Crippen molar-refractivity contribution in [3.8, 4) is 5.75 Å². The van der Waals surface area contributed by atoms with Crippen molar-refractivity contribution in [2.45, 2.75) is 19.9 Å². The molecule has 3 aromatic carbocycles. The highest BCUT2D eigenvalue weighted by molar-refractivity contribution is 6.51. The zero-order valence-corrected chi connectivity index (χ0v) is 18.7.